The van der Waals surface area contributed by atoms with Crippen molar-refractivity contribution in [1.82, 2.24) is 0 Å². The van der Waals surface area contributed by atoms with Crippen molar-refractivity contribution in [3.63, 3.8) is 0 Å². The normalized spacial score (nSPS) is 14.1. The molecule has 0 heterocycles. The lowest BCUT2D eigenvalue weighted by Gasteiger charge is -2.17. The van der Waals surface area contributed by atoms with Gasteiger partial charge in [-0.25, -0.2) is 9.18 Å². The molecule has 5 nitrogen and oxygen atoms in total. The van der Waals surface area contributed by atoms with Gasteiger partial charge in [0.2, 0.25) is 0 Å². The minimum atomic E-state index is -1.90. The summed E-state index contributed by atoms with van der Waals surface area (Å²) in [5, 5.41) is 28.1. The molecular formula is C11H13FO5. The topological polar surface area (TPSA) is 87.0 Å². The molecule has 0 spiro atoms. The summed E-state index contributed by atoms with van der Waals surface area (Å²) in [5.74, 6) is -2.17. The second kappa shape index (κ2) is 5.60. The quantitative estimate of drug-likeness (QED) is 0.671. The Hall–Kier alpha value is -1.66. The number of ether oxygens (including phenoxy) is 1. The van der Waals surface area contributed by atoms with Crippen LogP contribution in [0.3, 0.4) is 0 Å². The number of benzene rings is 1. The van der Waals surface area contributed by atoms with Crippen LogP contribution in [-0.4, -0.2) is 34.0 Å². The molecule has 1 aromatic carbocycles. The number of carbonyl (C=O) groups excluding carboxylic acids is 1. The zero-order valence-electron chi connectivity index (χ0n) is 9.13. The fraction of sp³-hybridized carbons (Fsp3) is 0.364. The molecule has 0 aliphatic heterocycles. The van der Waals surface area contributed by atoms with Crippen molar-refractivity contribution in [2.75, 3.05) is 6.61 Å². The number of aromatic hydroxyl groups is 1. The second-order valence-corrected chi connectivity index (χ2v) is 3.35. The molecule has 6 heteroatoms. The van der Waals surface area contributed by atoms with Gasteiger partial charge in [0, 0.05) is 5.56 Å². The number of phenolic OH excluding ortho intramolecular Hbond substituents is 1. The highest BCUT2D eigenvalue weighted by Crippen LogP contribution is 2.24. The van der Waals surface area contributed by atoms with E-state index in [0.29, 0.717) is 0 Å². The van der Waals surface area contributed by atoms with E-state index in [1.807, 2.05) is 0 Å². The molecule has 94 valence electrons. The standard InChI is InChI=1S/C11H13FO5/c1-2-17-11(16)10(15)9(14)7-5-6(13)3-4-8(7)12/h3-5,9-10,13-15H,2H2,1H3. The van der Waals surface area contributed by atoms with Gasteiger partial charge < -0.3 is 20.1 Å². The average Bonchev–Trinajstić information content (AvgIpc) is 2.30. The fourth-order valence-corrected chi connectivity index (χ4v) is 1.28. The predicted molar refractivity (Wildman–Crippen MR) is 55.7 cm³/mol. The zero-order chi connectivity index (χ0) is 13.0. The van der Waals surface area contributed by atoms with Gasteiger partial charge in [-0.2, -0.15) is 0 Å². The molecule has 1 rings (SSSR count). The number of esters is 1. The number of halogens is 1. The molecule has 0 aliphatic carbocycles. The Morgan fingerprint density at radius 3 is 2.71 bits per heavy atom. The Kier molecular flexibility index (Phi) is 4.42. The molecule has 0 bridgehead atoms. The Morgan fingerprint density at radius 1 is 1.47 bits per heavy atom. The maximum Gasteiger partial charge on any atom is 0.338 e. The summed E-state index contributed by atoms with van der Waals surface area (Å²) in [6.45, 7) is 1.57. The molecule has 0 fully saturated rings. The number of carbonyl (C=O) groups is 1. The van der Waals surface area contributed by atoms with Crippen LogP contribution in [0, 0.1) is 5.82 Å². The lowest BCUT2D eigenvalue weighted by Crippen LogP contribution is -2.30. The van der Waals surface area contributed by atoms with Crippen LogP contribution in [0.2, 0.25) is 0 Å². The molecule has 2 atom stereocenters. The van der Waals surface area contributed by atoms with Crippen LogP contribution in [0.15, 0.2) is 18.2 Å². The lowest BCUT2D eigenvalue weighted by molar-refractivity contribution is -0.159. The van der Waals surface area contributed by atoms with Crippen LogP contribution in [0.1, 0.15) is 18.6 Å². The largest absolute Gasteiger partial charge is 0.508 e. The Balaban J connectivity index is 2.91. The van der Waals surface area contributed by atoms with Gasteiger partial charge in [-0.05, 0) is 25.1 Å². The van der Waals surface area contributed by atoms with Crippen LogP contribution < -0.4 is 0 Å². The first-order valence-corrected chi connectivity index (χ1v) is 4.98. The smallest absolute Gasteiger partial charge is 0.338 e. The van der Waals surface area contributed by atoms with Crippen LogP contribution >= 0.6 is 0 Å². The Labute approximate surface area is 97.1 Å². The summed E-state index contributed by atoms with van der Waals surface area (Å²) in [4.78, 5) is 11.1. The highest BCUT2D eigenvalue weighted by atomic mass is 19.1. The van der Waals surface area contributed by atoms with Gasteiger partial charge in [-0.1, -0.05) is 0 Å². The van der Waals surface area contributed by atoms with Gasteiger partial charge >= 0.3 is 5.97 Å². The predicted octanol–water partition coefficient (Wildman–Crippen LogP) is 0.489. The first kappa shape index (κ1) is 13.4. The molecular weight excluding hydrogens is 231 g/mol. The maximum atomic E-state index is 13.3. The number of aliphatic hydroxyl groups excluding tert-OH is 2. The van der Waals surface area contributed by atoms with Crippen molar-refractivity contribution in [3.8, 4) is 5.75 Å². The van der Waals surface area contributed by atoms with Gasteiger partial charge in [0.25, 0.3) is 0 Å². The van der Waals surface area contributed by atoms with Crippen molar-refractivity contribution in [2.45, 2.75) is 19.1 Å². The molecule has 3 N–H and O–H groups in total. The first-order valence-electron chi connectivity index (χ1n) is 4.98. The van der Waals surface area contributed by atoms with E-state index in [0.717, 1.165) is 18.2 Å². The van der Waals surface area contributed by atoms with Crippen LogP contribution in [0.25, 0.3) is 0 Å². The van der Waals surface area contributed by atoms with Crippen molar-refractivity contribution in [2.24, 2.45) is 0 Å². The number of phenols is 1. The van der Waals surface area contributed by atoms with E-state index in [2.05, 4.69) is 4.74 Å². The Morgan fingerprint density at radius 2 is 2.12 bits per heavy atom. The zero-order valence-corrected chi connectivity index (χ0v) is 9.13. The van der Waals surface area contributed by atoms with E-state index < -0.39 is 24.0 Å². The monoisotopic (exact) mass is 244 g/mol. The molecule has 0 aromatic heterocycles. The fourth-order valence-electron chi connectivity index (χ4n) is 1.28. The molecule has 0 radical (unpaired) electrons. The average molecular weight is 244 g/mol. The molecule has 0 aliphatic rings. The molecule has 0 amide bonds. The number of rotatable bonds is 4. The summed E-state index contributed by atoms with van der Waals surface area (Å²) >= 11 is 0. The lowest BCUT2D eigenvalue weighted by atomic mass is 10.0. The van der Waals surface area contributed by atoms with Gasteiger partial charge in [0.15, 0.2) is 6.10 Å². The third-order valence-electron chi connectivity index (χ3n) is 2.13. The van der Waals surface area contributed by atoms with E-state index in [1.165, 1.54) is 6.92 Å². The molecule has 0 saturated heterocycles. The van der Waals surface area contributed by atoms with E-state index in [9.17, 15) is 19.4 Å². The highest BCUT2D eigenvalue weighted by Gasteiger charge is 2.29. The van der Waals surface area contributed by atoms with Gasteiger partial charge in [0.1, 0.15) is 17.7 Å². The Bertz CT molecular complexity index is 407. The number of hydrogen-bond donors (Lipinski definition) is 3. The van der Waals surface area contributed by atoms with Gasteiger partial charge in [0.05, 0.1) is 6.61 Å². The third kappa shape index (κ3) is 3.15. The molecule has 17 heavy (non-hydrogen) atoms. The van der Waals surface area contributed by atoms with Crippen LogP contribution in [0.5, 0.6) is 5.75 Å². The number of aliphatic hydroxyl groups is 2. The van der Waals surface area contributed by atoms with Crippen molar-refractivity contribution < 1.29 is 29.2 Å². The van der Waals surface area contributed by atoms with Crippen molar-refractivity contribution in [1.29, 1.82) is 0 Å². The van der Waals surface area contributed by atoms with Crippen LogP contribution in [0.4, 0.5) is 4.39 Å². The SMILES string of the molecule is CCOC(=O)C(O)C(O)c1cc(O)ccc1F. The summed E-state index contributed by atoms with van der Waals surface area (Å²) in [6, 6.07) is 2.94. The van der Waals surface area contributed by atoms with Gasteiger partial charge in [-0.3, -0.25) is 0 Å². The van der Waals surface area contributed by atoms with Crippen LogP contribution in [-0.2, 0) is 9.53 Å². The summed E-state index contributed by atoms with van der Waals surface area (Å²) in [5.41, 5.74) is -0.370. The summed E-state index contributed by atoms with van der Waals surface area (Å²) < 4.78 is 17.8. The summed E-state index contributed by atoms with van der Waals surface area (Å²) in [7, 11) is 0. The van der Waals surface area contributed by atoms with E-state index >= 15 is 0 Å². The third-order valence-corrected chi connectivity index (χ3v) is 2.13. The maximum absolute atomic E-state index is 13.3. The highest BCUT2D eigenvalue weighted by molar-refractivity contribution is 5.75. The second-order valence-electron chi connectivity index (χ2n) is 3.35. The van der Waals surface area contributed by atoms with E-state index in [1.54, 1.807) is 0 Å². The molecule has 0 saturated carbocycles. The first-order chi connectivity index (χ1) is 7.97. The van der Waals surface area contributed by atoms with E-state index in [-0.39, 0.29) is 17.9 Å². The van der Waals surface area contributed by atoms with Crippen molar-refractivity contribution in [3.05, 3.63) is 29.6 Å². The summed E-state index contributed by atoms with van der Waals surface area (Å²) in [6.07, 6.45) is -3.69. The van der Waals surface area contributed by atoms with Crippen molar-refractivity contribution >= 4 is 5.97 Å². The minimum Gasteiger partial charge on any atom is -0.508 e. The molecule has 2 unspecified atom stereocenters. The minimum absolute atomic E-state index is 0.0329. The molecule has 1 aromatic rings. The number of hydrogen-bond acceptors (Lipinski definition) is 5. The van der Waals surface area contributed by atoms with Gasteiger partial charge in [-0.15, -0.1) is 0 Å². The van der Waals surface area contributed by atoms with E-state index in [4.69, 9.17) is 5.11 Å².